The van der Waals surface area contributed by atoms with Crippen LogP contribution in [0.4, 0.5) is 14.9 Å². The van der Waals surface area contributed by atoms with E-state index in [0.717, 1.165) is 22.3 Å². The number of benzene rings is 3. The molecule has 3 amide bonds. The van der Waals surface area contributed by atoms with Crippen LogP contribution in [0, 0.1) is 5.82 Å². The Hall–Kier alpha value is -4.59. The molecular formula is C31H26FN3O4. The third-order valence-corrected chi connectivity index (χ3v) is 7.98. The van der Waals surface area contributed by atoms with Gasteiger partial charge in [-0.2, -0.15) is 0 Å². The van der Waals surface area contributed by atoms with Gasteiger partial charge in [-0.05, 0) is 66.9 Å². The third-order valence-electron chi connectivity index (χ3n) is 7.98. The molecule has 196 valence electrons. The summed E-state index contributed by atoms with van der Waals surface area (Å²) in [4.78, 5) is 30.2. The second-order valence-corrected chi connectivity index (χ2v) is 10.5. The van der Waals surface area contributed by atoms with Crippen LogP contribution in [0.1, 0.15) is 46.4 Å². The van der Waals surface area contributed by atoms with Gasteiger partial charge in [-0.15, -0.1) is 0 Å². The number of hydrogen-bond donors (Lipinski definition) is 1. The largest absolute Gasteiger partial charge is 0.472 e. The molecule has 2 atom stereocenters. The van der Waals surface area contributed by atoms with E-state index in [2.05, 4.69) is 5.32 Å². The third kappa shape index (κ3) is 3.86. The molecule has 2 bridgehead atoms. The number of ether oxygens (including phenoxy) is 1. The summed E-state index contributed by atoms with van der Waals surface area (Å²) < 4.78 is 26.1. The highest BCUT2D eigenvalue weighted by Crippen LogP contribution is 2.46. The highest BCUT2D eigenvalue weighted by atomic mass is 19.1. The van der Waals surface area contributed by atoms with Gasteiger partial charge in [0.15, 0.2) is 5.72 Å². The van der Waals surface area contributed by atoms with Gasteiger partial charge >= 0.3 is 6.03 Å². The molecule has 0 aliphatic carbocycles. The zero-order valence-corrected chi connectivity index (χ0v) is 21.3. The average Bonchev–Trinajstić information content (AvgIpc) is 3.47. The van der Waals surface area contributed by atoms with Gasteiger partial charge in [-0.1, -0.05) is 24.3 Å². The van der Waals surface area contributed by atoms with Crippen LogP contribution >= 0.6 is 0 Å². The van der Waals surface area contributed by atoms with Gasteiger partial charge in [0.2, 0.25) is 0 Å². The Morgan fingerprint density at radius 2 is 1.95 bits per heavy atom. The molecule has 3 aliphatic heterocycles. The Bertz CT molecular complexity index is 1620. The molecule has 4 heterocycles. The molecule has 8 heteroatoms. The van der Waals surface area contributed by atoms with Crippen molar-refractivity contribution < 1.29 is 23.1 Å². The van der Waals surface area contributed by atoms with Crippen LogP contribution < -0.4 is 15.0 Å². The van der Waals surface area contributed by atoms with E-state index in [1.807, 2.05) is 37.3 Å². The van der Waals surface area contributed by atoms with Gasteiger partial charge in [0.1, 0.15) is 11.6 Å². The number of fused-ring (bicyclic) bond motifs is 5. The second-order valence-electron chi connectivity index (χ2n) is 10.5. The van der Waals surface area contributed by atoms with Crippen molar-refractivity contribution >= 4 is 17.6 Å². The highest BCUT2D eigenvalue weighted by Gasteiger charge is 2.50. The van der Waals surface area contributed by atoms with Crippen molar-refractivity contribution in [2.75, 3.05) is 11.4 Å². The molecule has 0 radical (unpaired) electrons. The number of amides is 3. The molecule has 39 heavy (non-hydrogen) atoms. The Labute approximate surface area is 224 Å². The lowest BCUT2D eigenvalue weighted by Gasteiger charge is -2.50. The van der Waals surface area contributed by atoms with Gasteiger partial charge in [-0.3, -0.25) is 9.69 Å². The standard InChI is InChI=1S/C31H26FN3O4/c1-31-16-27(24-15-20(8-9-28(24)39-31)22-11-13-38-18-22)33-30(37)35(31)23-6-2-5-21(14-23)29(36)34-12-10-19-4-3-7-26(32)25(19)17-34/h2-9,11,13-15,18,27H,10,12,16-17H2,1H3,(H,33,37). The fourth-order valence-corrected chi connectivity index (χ4v) is 6.05. The molecule has 1 N–H and O–H groups in total. The minimum Gasteiger partial charge on any atom is -0.472 e. The van der Waals surface area contributed by atoms with Crippen molar-refractivity contribution in [2.45, 2.75) is 38.1 Å². The molecule has 4 aromatic rings. The number of nitrogens with zero attached hydrogens (tertiary/aromatic N) is 2. The molecule has 2 unspecified atom stereocenters. The van der Waals surface area contributed by atoms with Gasteiger partial charge < -0.3 is 19.4 Å². The molecule has 1 saturated heterocycles. The number of urea groups is 1. The number of carbonyl (C=O) groups excluding carboxylic acids is 2. The van der Waals surface area contributed by atoms with Gasteiger partial charge in [0.25, 0.3) is 5.91 Å². The monoisotopic (exact) mass is 523 g/mol. The van der Waals surface area contributed by atoms with Crippen molar-refractivity contribution in [2.24, 2.45) is 0 Å². The van der Waals surface area contributed by atoms with Crippen LogP contribution in [0.25, 0.3) is 11.1 Å². The second kappa shape index (κ2) is 8.73. The molecule has 1 aromatic heterocycles. The number of rotatable bonds is 3. The van der Waals surface area contributed by atoms with E-state index in [1.54, 1.807) is 52.7 Å². The SMILES string of the molecule is CC12CC(NC(=O)N1c1cccc(C(=O)N3CCc4cccc(F)c4C3)c1)c1cc(-c3ccoc3)ccc1O2. The molecular weight excluding hydrogens is 497 g/mol. The van der Waals surface area contributed by atoms with Crippen molar-refractivity contribution in [1.29, 1.82) is 0 Å². The van der Waals surface area contributed by atoms with E-state index < -0.39 is 5.72 Å². The summed E-state index contributed by atoms with van der Waals surface area (Å²) in [5, 5.41) is 3.13. The summed E-state index contributed by atoms with van der Waals surface area (Å²) in [6.45, 7) is 2.61. The predicted octanol–water partition coefficient (Wildman–Crippen LogP) is 6.05. The summed E-state index contributed by atoms with van der Waals surface area (Å²) in [7, 11) is 0. The van der Waals surface area contributed by atoms with E-state index in [-0.39, 0.29) is 30.3 Å². The summed E-state index contributed by atoms with van der Waals surface area (Å²) in [5.41, 5.74) is 4.40. The quantitative estimate of drug-likeness (QED) is 0.355. The lowest BCUT2D eigenvalue weighted by atomic mass is 9.88. The van der Waals surface area contributed by atoms with Crippen LogP contribution in [-0.4, -0.2) is 29.1 Å². The zero-order chi connectivity index (χ0) is 26.7. The number of nitrogens with one attached hydrogen (secondary N) is 1. The van der Waals surface area contributed by atoms with Gasteiger partial charge in [-0.25, -0.2) is 9.18 Å². The van der Waals surface area contributed by atoms with E-state index in [1.165, 1.54) is 6.07 Å². The van der Waals surface area contributed by atoms with Crippen LogP contribution in [0.3, 0.4) is 0 Å². The maximum Gasteiger partial charge on any atom is 0.325 e. The fourth-order valence-electron chi connectivity index (χ4n) is 6.05. The van der Waals surface area contributed by atoms with E-state index in [0.29, 0.717) is 42.0 Å². The topological polar surface area (TPSA) is 75.0 Å². The first-order valence-corrected chi connectivity index (χ1v) is 13.0. The first-order valence-electron chi connectivity index (χ1n) is 13.0. The number of anilines is 1. The van der Waals surface area contributed by atoms with Crippen molar-refractivity contribution in [3.8, 4) is 16.9 Å². The molecule has 7 rings (SSSR count). The number of carbonyl (C=O) groups is 2. The Balaban J connectivity index is 1.17. The molecule has 0 spiro atoms. The lowest BCUT2D eigenvalue weighted by Crippen LogP contribution is -2.65. The van der Waals surface area contributed by atoms with Crippen molar-refractivity contribution in [3.63, 3.8) is 0 Å². The Morgan fingerprint density at radius 3 is 2.79 bits per heavy atom. The van der Waals surface area contributed by atoms with E-state index in [4.69, 9.17) is 9.15 Å². The number of hydrogen-bond acceptors (Lipinski definition) is 4. The van der Waals surface area contributed by atoms with Crippen LogP contribution in [0.5, 0.6) is 5.75 Å². The Kier molecular flexibility index (Phi) is 5.26. The molecule has 0 saturated carbocycles. The van der Waals surface area contributed by atoms with Crippen molar-refractivity contribution in [3.05, 3.63) is 107 Å². The maximum absolute atomic E-state index is 14.4. The van der Waals surface area contributed by atoms with Gasteiger partial charge in [0.05, 0.1) is 24.3 Å². The molecule has 3 aromatic carbocycles. The smallest absolute Gasteiger partial charge is 0.325 e. The van der Waals surface area contributed by atoms with Gasteiger partial charge in [0, 0.05) is 41.8 Å². The maximum atomic E-state index is 14.4. The molecule has 3 aliphatic rings. The highest BCUT2D eigenvalue weighted by molar-refractivity contribution is 5.99. The van der Waals surface area contributed by atoms with E-state index >= 15 is 0 Å². The minimum atomic E-state index is -0.952. The predicted molar refractivity (Wildman–Crippen MR) is 143 cm³/mol. The molecule has 7 nitrogen and oxygen atoms in total. The van der Waals surface area contributed by atoms with E-state index in [9.17, 15) is 14.0 Å². The van der Waals surface area contributed by atoms with Crippen LogP contribution in [0.15, 0.2) is 83.7 Å². The first kappa shape index (κ1) is 23.5. The average molecular weight is 524 g/mol. The normalized spacial score (nSPS) is 21.5. The summed E-state index contributed by atoms with van der Waals surface area (Å²) in [6.07, 6.45) is 4.44. The first-order chi connectivity index (χ1) is 18.9. The minimum absolute atomic E-state index is 0.201. The fraction of sp³-hybridized carbons (Fsp3) is 0.226. The van der Waals surface area contributed by atoms with Crippen LogP contribution in [-0.2, 0) is 13.0 Å². The number of furan rings is 1. The Morgan fingerprint density at radius 1 is 1.08 bits per heavy atom. The summed E-state index contributed by atoms with van der Waals surface area (Å²) in [5.74, 6) is 0.206. The zero-order valence-electron chi connectivity index (χ0n) is 21.3. The lowest BCUT2D eigenvalue weighted by molar-refractivity contribution is 0.0378. The molecule has 1 fully saturated rings. The summed E-state index contributed by atoms with van der Waals surface area (Å²) >= 11 is 0. The summed E-state index contributed by atoms with van der Waals surface area (Å²) in [6, 6.07) is 19.3. The number of halogens is 1. The van der Waals surface area contributed by atoms with Crippen molar-refractivity contribution in [1.82, 2.24) is 10.2 Å². The van der Waals surface area contributed by atoms with Crippen LogP contribution in [0.2, 0.25) is 0 Å².